The van der Waals surface area contributed by atoms with Crippen LogP contribution in [0.5, 0.6) is 5.75 Å². The van der Waals surface area contributed by atoms with Gasteiger partial charge in [-0.2, -0.15) is 0 Å². The number of pyridine rings is 1. The fourth-order valence-corrected chi connectivity index (χ4v) is 3.97. The van der Waals surface area contributed by atoms with Gasteiger partial charge < -0.3 is 10.5 Å². The van der Waals surface area contributed by atoms with Gasteiger partial charge >= 0.3 is 0 Å². The molecule has 0 saturated heterocycles. The summed E-state index contributed by atoms with van der Waals surface area (Å²) in [6.45, 7) is 3.60. The number of ether oxygens (including phenoxy) is 1. The number of hydrogen-bond acceptors (Lipinski definition) is 5. The van der Waals surface area contributed by atoms with Crippen LogP contribution in [0.1, 0.15) is 22.2 Å². The molecule has 2 aromatic carbocycles. The summed E-state index contributed by atoms with van der Waals surface area (Å²) in [6, 6.07) is 19.7. The maximum atomic E-state index is 11.6. The minimum absolute atomic E-state index is 0.0264. The van der Waals surface area contributed by atoms with E-state index in [0.29, 0.717) is 10.6 Å². The van der Waals surface area contributed by atoms with Crippen molar-refractivity contribution in [1.82, 2.24) is 4.98 Å². The fourth-order valence-electron chi connectivity index (χ4n) is 2.71. The number of rotatable bonds is 3. The van der Waals surface area contributed by atoms with Gasteiger partial charge in [0.1, 0.15) is 10.6 Å². The smallest absolute Gasteiger partial charge is 0.171 e. The first-order chi connectivity index (χ1) is 13.9. The number of hydrogen-bond donors (Lipinski definition) is 1. The molecule has 2 N–H and O–H groups in total. The number of anilines is 1. The molecule has 2 aromatic heterocycles. The van der Waals surface area contributed by atoms with Crippen LogP contribution < -0.4 is 10.5 Å². The Hall–Kier alpha value is -2.70. The number of fused-ring (bicyclic) bond motifs is 1. The van der Waals surface area contributed by atoms with Gasteiger partial charge in [0.25, 0.3) is 0 Å². The zero-order valence-corrected chi connectivity index (χ0v) is 18.8. The summed E-state index contributed by atoms with van der Waals surface area (Å²) in [6.07, 6.45) is 0. The molecule has 0 saturated carbocycles. The average molecular weight is 469 g/mol. The van der Waals surface area contributed by atoms with Crippen molar-refractivity contribution in [3.63, 3.8) is 0 Å². The van der Waals surface area contributed by atoms with E-state index >= 15 is 0 Å². The first-order valence-electron chi connectivity index (χ1n) is 8.95. The summed E-state index contributed by atoms with van der Waals surface area (Å²) >= 11 is 4.68. The maximum Gasteiger partial charge on any atom is 0.171 e. The van der Waals surface area contributed by atoms with E-state index in [1.54, 1.807) is 7.11 Å². The normalized spacial score (nSPS) is 10.3. The van der Waals surface area contributed by atoms with Crippen molar-refractivity contribution in [3.05, 3.63) is 75.6 Å². The van der Waals surface area contributed by atoms with Crippen LogP contribution in [0, 0.1) is 6.92 Å². The molecule has 2 heterocycles. The molecular weight excluding hydrogens is 448 g/mol. The van der Waals surface area contributed by atoms with Crippen LogP contribution in [-0.2, 0) is 0 Å². The van der Waals surface area contributed by atoms with Gasteiger partial charge in [-0.1, -0.05) is 33.6 Å². The topological polar surface area (TPSA) is 65.2 Å². The Bertz CT molecular complexity index is 1120. The van der Waals surface area contributed by atoms with Crippen LogP contribution in [0.25, 0.3) is 21.5 Å². The molecule has 0 bridgehead atoms. The van der Waals surface area contributed by atoms with Crippen molar-refractivity contribution < 1.29 is 9.53 Å². The maximum absolute atomic E-state index is 11.6. The molecule has 0 unspecified atom stereocenters. The summed E-state index contributed by atoms with van der Waals surface area (Å²) in [5, 5.41) is 0.836. The summed E-state index contributed by atoms with van der Waals surface area (Å²) < 4.78 is 6.29. The molecule has 4 rings (SSSR count). The van der Waals surface area contributed by atoms with Crippen molar-refractivity contribution in [2.24, 2.45) is 0 Å². The molecule has 0 spiro atoms. The third-order valence-corrected chi connectivity index (χ3v) is 6.05. The van der Waals surface area contributed by atoms with E-state index in [1.807, 2.05) is 48.5 Å². The van der Waals surface area contributed by atoms with Crippen molar-refractivity contribution in [3.8, 4) is 17.0 Å². The van der Waals surface area contributed by atoms with Crippen LogP contribution in [0.15, 0.2) is 65.1 Å². The number of nitrogens with two attached hydrogens (primary N) is 1. The van der Waals surface area contributed by atoms with Crippen LogP contribution in [0.4, 0.5) is 5.69 Å². The van der Waals surface area contributed by atoms with E-state index in [0.717, 1.165) is 31.7 Å². The van der Waals surface area contributed by atoms with Gasteiger partial charge in [-0.05, 0) is 55.5 Å². The standard InChI is InChI=1S/C16H14N2O2S.C7H7Br/c1-9(19)15-14(17)12-7-8-13(18-16(12)21-15)10-3-5-11(20-2)6-4-10;1-6-2-4-7(8)5-3-6/h3-8H,17H2,1-2H3;2-5H,1H3. The molecule has 0 amide bonds. The Morgan fingerprint density at radius 3 is 2.24 bits per heavy atom. The number of nitrogens with zero attached hydrogens (tertiary/aromatic N) is 1. The number of Topliss-reactive ketones (excluding diaryl/α,β-unsaturated/α-hetero) is 1. The number of benzene rings is 2. The summed E-state index contributed by atoms with van der Waals surface area (Å²) in [4.78, 5) is 17.5. The quantitative estimate of drug-likeness (QED) is 0.347. The third kappa shape index (κ3) is 5.02. The molecule has 4 nitrogen and oxygen atoms in total. The van der Waals surface area contributed by atoms with Crippen LogP contribution in [0.3, 0.4) is 0 Å². The monoisotopic (exact) mass is 468 g/mol. The molecule has 0 aliphatic rings. The Morgan fingerprint density at radius 1 is 1.03 bits per heavy atom. The molecule has 29 heavy (non-hydrogen) atoms. The fraction of sp³-hybridized carbons (Fsp3) is 0.130. The number of carbonyl (C=O) groups is 1. The first-order valence-corrected chi connectivity index (χ1v) is 10.6. The van der Waals surface area contributed by atoms with E-state index < -0.39 is 0 Å². The highest BCUT2D eigenvalue weighted by atomic mass is 79.9. The highest BCUT2D eigenvalue weighted by Gasteiger charge is 2.14. The summed E-state index contributed by atoms with van der Waals surface area (Å²) in [7, 11) is 1.64. The molecule has 0 radical (unpaired) electrons. The zero-order chi connectivity index (χ0) is 21.0. The number of nitrogen functional groups attached to an aromatic ring is 1. The summed E-state index contributed by atoms with van der Waals surface area (Å²) in [5.74, 6) is 0.778. The highest BCUT2D eigenvalue weighted by Crippen LogP contribution is 2.34. The number of thiophene rings is 1. The summed E-state index contributed by atoms with van der Waals surface area (Å²) in [5.41, 5.74) is 9.67. The second-order valence-corrected chi connectivity index (χ2v) is 8.39. The number of aromatic nitrogens is 1. The lowest BCUT2D eigenvalue weighted by atomic mass is 10.1. The minimum Gasteiger partial charge on any atom is -0.497 e. The largest absolute Gasteiger partial charge is 0.497 e. The molecule has 6 heteroatoms. The Kier molecular flexibility index (Phi) is 6.67. The second kappa shape index (κ2) is 9.20. The molecule has 0 aliphatic heterocycles. The Labute approximate surface area is 182 Å². The van der Waals surface area contributed by atoms with Gasteiger partial charge in [0, 0.05) is 22.3 Å². The third-order valence-electron chi connectivity index (χ3n) is 4.31. The average Bonchev–Trinajstić information content (AvgIpc) is 3.07. The van der Waals surface area contributed by atoms with Crippen molar-refractivity contribution >= 4 is 49.0 Å². The lowest BCUT2D eigenvalue weighted by Crippen LogP contribution is -1.93. The molecule has 0 atom stereocenters. The SMILES string of the molecule is COc1ccc(-c2ccc3c(N)c(C(C)=O)sc3n2)cc1.Cc1ccc(Br)cc1. The van der Waals surface area contributed by atoms with Crippen molar-refractivity contribution in [1.29, 1.82) is 0 Å². The minimum atomic E-state index is -0.0264. The second-order valence-electron chi connectivity index (χ2n) is 6.47. The van der Waals surface area contributed by atoms with E-state index in [4.69, 9.17) is 10.5 Å². The molecule has 0 aliphatic carbocycles. The number of halogens is 1. The highest BCUT2D eigenvalue weighted by molar-refractivity contribution is 9.10. The predicted octanol–water partition coefficient (Wildman–Crippen LogP) is 6.51. The number of carbonyl (C=O) groups excluding carboxylic acids is 1. The molecule has 0 fully saturated rings. The van der Waals surface area contributed by atoms with E-state index in [1.165, 1.54) is 23.8 Å². The lowest BCUT2D eigenvalue weighted by molar-refractivity contribution is 0.102. The van der Waals surface area contributed by atoms with E-state index in [2.05, 4.69) is 40.0 Å². The Balaban J connectivity index is 0.000000252. The van der Waals surface area contributed by atoms with Gasteiger partial charge in [-0.25, -0.2) is 4.98 Å². The van der Waals surface area contributed by atoms with Gasteiger partial charge in [-0.3, -0.25) is 4.79 Å². The van der Waals surface area contributed by atoms with Gasteiger partial charge in [0.2, 0.25) is 0 Å². The van der Waals surface area contributed by atoms with E-state index in [-0.39, 0.29) is 5.78 Å². The van der Waals surface area contributed by atoms with Crippen LogP contribution in [-0.4, -0.2) is 17.9 Å². The van der Waals surface area contributed by atoms with Crippen LogP contribution in [0.2, 0.25) is 0 Å². The Morgan fingerprint density at radius 2 is 1.69 bits per heavy atom. The van der Waals surface area contributed by atoms with E-state index in [9.17, 15) is 4.79 Å². The van der Waals surface area contributed by atoms with Gasteiger partial charge in [0.15, 0.2) is 5.78 Å². The zero-order valence-electron chi connectivity index (χ0n) is 16.4. The van der Waals surface area contributed by atoms with Gasteiger partial charge in [0.05, 0.1) is 23.4 Å². The molecule has 4 aromatic rings. The van der Waals surface area contributed by atoms with Gasteiger partial charge in [-0.15, -0.1) is 11.3 Å². The number of ketones is 1. The van der Waals surface area contributed by atoms with Crippen molar-refractivity contribution in [2.75, 3.05) is 12.8 Å². The number of aryl methyl sites for hydroxylation is 1. The van der Waals surface area contributed by atoms with Crippen LogP contribution >= 0.6 is 27.3 Å². The first kappa shape index (κ1) is 21.0. The molecular formula is C23H21BrN2O2S. The number of methoxy groups -OCH3 is 1. The predicted molar refractivity (Wildman–Crippen MR) is 125 cm³/mol. The lowest BCUT2D eigenvalue weighted by Gasteiger charge is -2.03. The molecule has 148 valence electrons. The van der Waals surface area contributed by atoms with Crippen molar-refractivity contribution in [2.45, 2.75) is 13.8 Å².